The lowest BCUT2D eigenvalue weighted by Crippen LogP contribution is -2.08. The van der Waals surface area contributed by atoms with E-state index >= 15 is 0 Å². The van der Waals surface area contributed by atoms with Crippen molar-refractivity contribution in [3.05, 3.63) is 71.7 Å². The van der Waals surface area contributed by atoms with E-state index in [2.05, 4.69) is 15.4 Å². The van der Waals surface area contributed by atoms with E-state index in [0.29, 0.717) is 24.5 Å². The molecule has 0 atom stereocenters. The Labute approximate surface area is 146 Å². The Morgan fingerprint density at radius 3 is 2.72 bits per heavy atom. The lowest BCUT2D eigenvalue weighted by Gasteiger charge is -2.11. The molecule has 0 fully saturated rings. The summed E-state index contributed by atoms with van der Waals surface area (Å²) in [6.45, 7) is 4.69. The topological polar surface area (TPSA) is 69.0 Å². The number of carbonyl (C=O) groups excluding carboxylic acids is 1. The SMILES string of the molecule is CCOC(=O)c1ccc(NCc2ccccc2-n2ccc(C)n2)nc1. The molecule has 6 heteroatoms. The molecule has 1 aromatic carbocycles. The first kappa shape index (κ1) is 16.7. The van der Waals surface area contributed by atoms with Gasteiger partial charge in [-0.2, -0.15) is 5.10 Å². The number of hydrogen-bond donors (Lipinski definition) is 1. The van der Waals surface area contributed by atoms with Gasteiger partial charge in [-0.05, 0) is 43.7 Å². The van der Waals surface area contributed by atoms with Crippen molar-refractivity contribution in [3.63, 3.8) is 0 Å². The highest BCUT2D eigenvalue weighted by atomic mass is 16.5. The maximum atomic E-state index is 11.6. The minimum absolute atomic E-state index is 0.350. The first-order valence-corrected chi connectivity index (χ1v) is 8.15. The van der Waals surface area contributed by atoms with Gasteiger partial charge in [0.05, 0.1) is 23.6 Å². The second kappa shape index (κ2) is 7.61. The number of carbonyl (C=O) groups is 1. The third-order valence-corrected chi connectivity index (χ3v) is 3.70. The highest BCUT2D eigenvalue weighted by Gasteiger charge is 2.08. The molecular formula is C19H20N4O2. The van der Waals surface area contributed by atoms with Crippen molar-refractivity contribution in [2.45, 2.75) is 20.4 Å². The molecule has 2 heterocycles. The molecule has 1 N–H and O–H groups in total. The van der Waals surface area contributed by atoms with Gasteiger partial charge < -0.3 is 10.1 Å². The van der Waals surface area contributed by atoms with Gasteiger partial charge in [-0.3, -0.25) is 0 Å². The number of esters is 1. The normalized spacial score (nSPS) is 10.5. The van der Waals surface area contributed by atoms with Gasteiger partial charge in [0.1, 0.15) is 5.82 Å². The van der Waals surface area contributed by atoms with Crippen LogP contribution in [-0.2, 0) is 11.3 Å². The number of nitrogens with zero attached hydrogens (tertiary/aromatic N) is 3. The van der Waals surface area contributed by atoms with Crippen LogP contribution in [0.15, 0.2) is 54.9 Å². The minimum Gasteiger partial charge on any atom is -0.462 e. The van der Waals surface area contributed by atoms with Crippen LogP contribution in [0.2, 0.25) is 0 Å². The van der Waals surface area contributed by atoms with Crippen LogP contribution in [0.25, 0.3) is 5.69 Å². The zero-order valence-electron chi connectivity index (χ0n) is 14.3. The van der Waals surface area contributed by atoms with Crippen LogP contribution < -0.4 is 5.32 Å². The number of rotatable bonds is 6. The van der Waals surface area contributed by atoms with Gasteiger partial charge in [-0.1, -0.05) is 18.2 Å². The van der Waals surface area contributed by atoms with E-state index in [9.17, 15) is 4.79 Å². The minimum atomic E-state index is -0.360. The number of nitrogens with one attached hydrogen (secondary N) is 1. The van der Waals surface area contributed by atoms with Crippen LogP contribution in [0, 0.1) is 6.92 Å². The third kappa shape index (κ3) is 4.03. The van der Waals surface area contributed by atoms with Crippen molar-refractivity contribution in [2.24, 2.45) is 0 Å². The smallest absolute Gasteiger partial charge is 0.339 e. The summed E-state index contributed by atoms with van der Waals surface area (Å²) in [5.41, 5.74) is 3.53. The van der Waals surface area contributed by atoms with Crippen LogP contribution in [0.1, 0.15) is 28.5 Å². The second-order valence-electron chi connectivity index (χ2n) is 5.54. The average molecular weight is 336 g/mol. The van der Waals surface area contributed by atoms with Gasteiger partial charge >= 0.3 is 5.97 Å². The number of hydrogen-bond acceptors (Lipinski definition) is 5. The second-order valence-corrected chi connectivity index (χ2v) is 5.54. The predicted molar refractivity (Wildman–Crippen MR) is 95.8 cm³/mol. The predicted octanol–water partition coefficient (Wildman–Crippen LogP) is 3.36. The molecule has 3 rings (SSSR count). The Morgan fingerprint density at radius 2 is 2.04 bits per heavy atom. The van der Waals surface area contributed by atoms with E-state index in [1.807, 2.05) is 48.1 Å². The van der Waals surface area contributed by atoms with Crippen molar-refractivity contribution >= 4 is 11.8 Å². The summed E-state index contributed by atoms with van der Waals surface area (Å²) >= 11 is 0. The molecule has 0 radical (unpaired) electrons. The molecule has 0 aliphatic carbocycles. The van der Waals surface area contributed by atoms with E-state index < -0.39 is 0 Å². The monoisotopic (exact) mass is 336 g/mol. The summed E-state index contributed by atoms with van der Waals surface area (Å²) in [4.78, 5) is 15.9. The van der Waals surface area contributed by atoms with Gasteiger partial charge in [0.15, 0.2) is 0 Å². The largest absolute Gasteiger partial charge is 0.462 e. The zero-order valence-corrected chi connectivity index (χ0v) is 14.3. The van der Waals surface area contributed by atoms with Gasteiger partial charge in [0, 0.05) is 18.9 Å². The fourth-order valence-corrected chi connectivity index (χ4v) is 2.45. The Balaban J connectivity index is 1.71. The van der Waals surface area contributed by atoms with Crippen LogP contribution >= 0.6 is 0 Å². The van der Waals surface area contributed by atoms with Crippen molar-refractivity contribution in [1.29, 1.82) is 0 Å². The Hall–Kier alpha value is -3.15. The summed E-state index contributed by atoms with van der Waals surface area (Å²) in [6.07, 6.45) is 3.46. The molecule has 0 bridgehead atoms. The average Bonchev–Trinajstić information content (AvgIpc) is 3.07. The van der Waals surface area contributed by atoms with Crippen molar-refractivity contribution in [3.8, 4) is 5.69 Å². The summed E-state index contributed by atoms with van der Waals surface area (Å²) < 4.78 is 6.82. The molecule has 6 nitrogen and oxygen atoms in total. The Bertz CT molecular complexity index is 856. The molecular weight excluding hydrogens is 316 g/mol. The number of aromatic nitrogens is 3. The molecule has 0 unspecified atom stereocenters. The molecule has 2 aromatic heterocycles. The lowest BCUT2D eigenvalue weighted by molar-refractivity contribution is 0.0526. The number of anilines is 1. The first-order chi connectivity index (χ1) is 12.2. The van der Waals surface area contributed by atoms with E-state index in [4.69, 9.17) is 4.74 Å². The van der Waals surface area contributed by atoms with Crippen LogP contribution in [0.4, 0.5) is 5.82 Å². The van der Waals surface area contributed by atoms with E-state index in [0.717, 1.165) is 16.9 Å². The molecule has 0 aliphatic rings. The van der Waals surface area contributed by atoms with Crippen LogP contribution in [-0.4, -0.2) is 27.3 Å². The lowest BCUT2D eigenvalue weighted by atomic mass is 10.2. The zero-order chi connectivity index (χ0) is 17.6. The van der Waals surface area contributed by atoms with E-state index in [1.165, 1.54) is 6.20 Å². The van der Waals surface area contributed by atoms with Crippen LogP contribution in [0.3, 0.4) is 0 Å². The number of aryl methyl sites for hydroxylation is 1. The highest BCUT2D eigenvalue weighted by molar-refractivity contribution is 5.89. The Morgan fingerprint density at radius 1 is 1.20 bits per heavy atom. The molecule has 0 aliphatic heterocycles. The van der Waals surface area contributed by atoms with Crippen molar-refractivity contribution < 1.29 is 9.53 Å². The maximum Gasteiger partial charge on any atom is 0.339 e. The summed E-state index contributed by atoms with van der Waals surface area (Å²) in [7, 11) is 0. The van der Waals surface area contributed by atoms with Gasteiger partial charge in [0.2, 0.25) is 0 Å². The number of ether oxygens (including phenoxy) is 1. The number of benzene rings is 1. The van der Waals surface area contributed by atoms with E-state index in [-0.39, 0.29) is 5.97 Å². The van der Waals surface area contributed by atoms with Crippen molar-refractivity contribution in [2.75, 3.05) is 11.9 Å². The van der Waals surface area contributed by atoms with Gasteiger partial charge in [-0.15, -0.1) is 0 Å². The summed E-state index contributed by atoms with van der Waals surface area (Å²) in [5, 5.41) is 7.74. The summed E-state index contributed by atoms with van der Waals surface area (Å²) in [5.74, 6) is 0.334. The van der Waals surface area contributed by atoms with Gasteiger partial charge in [0.25, 0.3) is 0 Å². The molecule has 0 saturated carbocycles. The fraction of sp³-hybridized carbons (Fsp3) is 0.211. The Kier molecular flexibility index (Phi) is 5.09. The van der Waals surface area contributed by atoms with E-state index in [1.54, 1.807) is 19.1 Å². The molecule has 0 spiro atoms. The summed E-state index contributed by atoms with van der Waals surface area (Å²) in [6, 6.07) is 13.5. The molecule has 0 saturated heterocycles. The van der Waals surface area contributed by atoms with Gasteiger partial charge in [-0.25, -0.2) is 14.5 Å². The number of para-hydroxylation sites is 1. The van der Waals surface area contributed by atoms with Crippen molar-refractivity contribution in [1.82, 2.24) is 14.8 Å². The third-order valence-electron chi connectivity index (χ3n) is 3.70. The number of pyridine rings is 1. The standard InChI is InChI=1S/C19H20N4O2/c1-3-25-19(24)16-8-9-18(21-13-16)20-12-15-6-4-5-7-17(15)23-11-10-14(2)22-23/h4-11,13H,3,12H2,1-2H3,(H,20,21). The van der Waals surface area contributed by atoms with Crippen LogP contribution in [0.5, 0.6) is 0 Å². The molecule has 128 valence electrons. The molecule has 3 aromatic rings. The molecule has 25 heavy (non-hydrogen) atoms. The fourth-order valence-electron chi connectivity index (χ4n) is 2.45. The maximum absolute atomic E-state index is 11.6. The quantitative estimate of drug-likeness (QED) is 0.699. The first-order valence-electron chi connectivity index (χ1n) is 8.15. The molecule has 0 amide bonds. The highest BCUT2D eigenvalue weighted by Crippen LogP contribution is 2.16.